The minimum absolute atomic E-state index is 0.0117. The van der Waals surface area contributed by atoms with E-state index in [9.17, 15) is 52.7 Å². The molecular formula is C112H121Cl2N13O17. The van der Waals surface area contributed by atoms with Crippen molar-refractivity contribution in [1.29, 1.82) is 0 Å². The van der Waals surface area contributed by atoms with E-state index < -0.39 is 36.0 Å². The molecule has 0 spiro atoms. The number of piperidine rings is 2. The Labute approximate surface area is 847 Å². The predicted molar refractivity (Wildman–Crippen MR) is 556 cm³/mol. The molecule has 7 heterocycles. The van der Waals surface area contributed by atoms with Crippen LogP contribution in [0, 0.1) is 11.8 Å². The fraction of sp³-hybridized carbons (Fsp3) is 0.366. The molecule has 0 unspecified atom stereocenters. The van der Waals surface area contributed by atoms with Gasteiger partial charge in [0.25, 0.3) is 23.6 Å². The number of alkyl halides is 2. The van der Waals surface area contributed by atoms with Gasteiger partial charge in [0.2, 0.25) is 41.4 Å². The van der Waals surface area contributed by atoms with E-state index in [1.807, 2.05) is 174 Å². The lowest BCUT2D eigenvalue weighted by atomic mass is 9.95. The average Bonchev–Trinajstić information content (AvgIpc) is 1.57. The van der Waals surface area contributed by atoms with Gasteiger partial charge >= 0.3 is 0 Å². The molecule has 30 nitrogen and oxygen atoms in total. The van der Waals surface area contributed by atoms with Crippen LogP contribution < -0.4 is 70.5 Å². The number of halogens is 2. The third-order valence-corrected chi connectivity index (χ3v) is 28.1. The molecule has 144 heavy (non-hydrogen) atoms. The summed E-state index contributed by atoms with van der Waals surface area (Å²) < 4.78 is 37.0. The summed E-state index contributed by atoms with van der Waals surface area (Å²) in [5, 5.41) is 17.6. The van der Waals surface area contributed by atoms with Crippen LogP contribution in [-0.2, 0) is 82.4 Å². The van der Waals surface area contributed by atoms with Gasteiger partial charge < -0.3 is 80.3 Å². The Kier molecular flexibility index (Phi) is 33.2. The number of ether oxygens (including phenoxy) is 6. The van der Waals surface area contributed by atoms with Crippen molar-refractivity contribution in [1.82, 2.24) is 30.7 Å². The van der Waals surface area contributed by atoms with E-state index >= 15 is 0 Å². The maximum Gasteiger partial charge on any atom is 0.256 e. The number of amides is 11. The van der Waals surface area contributed by atoms with Gasteiger partial charge in [-0.25, -0.2) is 0 Å². The van der Waals surface area contributed by atoms with Gasteiger partial charge in [0.05, 0.1) is 79.1 Å². The van der Waals surface area contributed by atoms with Crippen molar-refractivity contribution in [3.05, 3.63) is 250 Å². The predicted octanol–water partition coefficient (Wildman–Crippen LogP) is 16.8. The number of rotatable bonds is 37. The Hall–Kier alpha value is -14.5. The second kappa shape index (κ2) is 46.7. The number of nitrogens with zero attached hydrogens (tertiary/aromatic N) is 7. The minimum atomic E-state index is -0.919. The van der Waals surface area contributed by atoms with Gasteiger partial charge in [-0.1, -0.05) is 155 Å². The first-order valence-corrected chi connectivity index (χ1v) is 50.3. The van der Waals surface area contributed by atoms with Gasteiger partial charge in [-0.2, -0.15) is 0 Å². The molecule has 2 saturated heterocycles. The summed E-state index contributed by atoms with van der Waals surface area (Å²) in [6.07, 6.45) is 14.2. The molecule has 0 aromatic heterocycles. The van der Waals surface area contributed by atoms with E-state index in [0.717, 1.165) is 116 Å². The van der Waals surface area contributed by atoms with Crippen molar-refractivity contribution in [3.63, 3.8) is 0 Å². The fourth-order valence-corrected chi connectivity index (χ4v) is 19.8. The number of methoxy groups -OCH3 is 2. The van der Waals surface area contributed by atoms with Crippen LogP contribution in [0.2, 0.25) is 0 Å². The normalized spacial score (nSPS) is 17.3. The molecule has 0 radical (unpaired) electrons. The van der Waals surface area contributed by atoms with Crippen LogP contribution in [0.25, 0.3) is 21.5 Å². The molecule has 11 amide bonds. The number of carbonyl (C=O) groups is 11. The van der Waals surface area contributed by atoms with E-state index in [2.05, 4.69) is 26.6 Å². The van der Waals surface area contributed by atoms with E-state index in [1.165, 1.54) is 17.1 Å². The van der Waals surface area contributed by atoms with Crippen molar-refractivity contribution in [2.75, 3.05) is 79.1 Å². The van der Waals surface area contributed by atoms with E-state index in [-0.39, 0.29) is 141 Å². The number of fused-ring (bicyclic) bond motifs is 10. The largest absolute Gasteiger partial charge is 0.493 e. The molecule has 7 aliphatic rings. The van der Waals surface area contributed by atoms with Crippen LogP contribution in [0.15, 0.2) is 204 Å². The molecule has 10 aromatic carbocycles. The molecule has 10 aromatic rings. The van der Waals surface area contributed by atoms with Crippen molar-refractivity contribution in [3.8, 4) is 34.5 Å². The second-order valence-electron chi connectivity index (χ2n) is 38.1. The standard InChI is InChI=1S/C61H66ClN7O10.C51H55ClN6O7/c1-37(2)58(66-53(70)18-6-5-10-26-68-54(71)23-24-55(68)72)60(75)64-38(3)59(74)65-43-21-19-39(20-22-43)35-78-50-31-49-57(46-17-8-7-16-45(46)50)42(32-62)34-69(49)56(73)28-40-13-12-14-41(27-40)36-79-52-30-48-47(29-51(52)77-4)61(76)67-25-11-9-15-44(67)33-63-48;1-30(2)48(53)50(61)55-31(3)49(60)56-36-17-15-32(16-18-36)28-64-43-24-42-47(39-14-6-5-13-38(39)43)35(25-52)27-58(42)46(59)21-33-10-9-11-34(20-33)29-65-45-23-41-40(22-44(45)63-4)51(62)57-19-8-7-12-37(57)26-54-41/h7-8,12-14,16-17,19-24,27,29-31,33,37-38,42,44,58H,5-6,9-11,15,18,25-26,28,32,34-36H2,1-4H3,(H,64,75)(H,65,74)(H,66,70);5-6,9-11,13-18,20,22-24,26,30-31,35,37,48H,7-8,12,19,21,25,27-29,53H2,1-4H3,(H,55,61)(H,56,60)/t38-,42+,44-,58-;31-,35+,37-,48-/m00/s1. The maximum atomic E-state index is 14.4. The number of hydrogen-bond donors (Lipinski definition) is 6. The summed E-state index contributed by atoms with van der Waals surface area (Å²) >= 11 is 13.2. The molecule has 32 heteroatoms. The SMILES string of the molecule is COc1cc2c(cc1OCc1cccc(CC(=O)N3C[C@@H](CCl)c4c3cc(OCc3ccc(NC(=O)[C@H](C)NC(=O)[C@@H](N)C(C)C)cc3)c3ccccc43)c1)N=C[C@@H]1CCCCN1C2=O.COc1cc2c(cc1OCc1cccc(CC(=O)N3C[C@@H](CCl)c4c3cc(OCc3ccc(NC(=O)[C@H](C)NC(=O)[C@@H](NC(=O)CCCCCN5C(=O)C=CC5=O)C(C)C)cc3)c3ccccc43)c1)N=C[C@@H]1CCCCN1C2=O. The van der Waals surface area contributed by atoms with E-state index in [0.29, 0.717) is 126 Å². The molecular weight excluding hydrogens is 1870 g/mol. The Morgan fingerprint density at radius 2 is 0.861 bits per heavy atom. The lowest BCUT2D eigenvalue weighted by Gasteiger charge is -2.32. The van der Waals surface area contributed by atoms with Crippen molar-refractivity contribution < 1.29 is 81.2 Å². The van der Waals surface area contributed by atoms with Gasteiger partial charge in [-0.3, -0.25) is 67.6 Å². The number of anilines is 4. The first kappa shape index (κ1) is 102. The zero-order chi connectivity index (χ0) is 102. The van der Waals surface area contributed by atoms with Crippen LogP contribution in [0.3, 0.4) is 0 Å². The number of unbranched alkanes of at least 4 members (excludes halogenated alkanes) is 2. The molecule has 0 aliphatic carbocycles. The van der Waals surface area contributed by atoms with Gasteiger partial charge in [-0.05, 0) is 169 Å². The second-order valence-corrected chi connectivity index (χ2v) is 38.8. The average molecular weight is 1990 g/mol. The molecule has 8 atom stereocenters. The maximum absolute atomic E-state index is 14.4. The molecule has 7 aliphatic heterocycles. The quantitative estimate of drug-likeness (QED) is 0.0120. The number of imide groups is 1. The molecule has 2 fully saturated rings. The van der Waals surface area contributed by atoms with Gasteiger partial charge in [0.1, 0.15) is 56.1 Å². The first-order valence-electron chi connectivity index (χ1n) is 49.3. The summed E-state index contributed by atoms with van der Waals surface area (Å²) in [6.45, 7) is 13.9. The lowest BCUT2D eigenvalue weighted by Crippen LogP contribution is -2.53. The van der Waals surface area contributed by atoms with Gasteiger partial charge in [0.15, 0.2) is 23.0 Å². The summed E-state index contributed by atoms with van der Waals surface area (Å²) in [4.78, 5) is 162. The number of benzene rings is 10. The Morgan fingerprint density at radius 3 is 1.29 bits per heavy atom. The van der Waals surface area contributed by atoms with Crippen molar-refractivity contribution in [2.24, 2.45) is 27.6 Å². The summed E-state index contributed by atoms with van der Waals surface area (Å²) in [5.74, 6) is 0.328. The monoisotopic (exact) mass is 1990 g/mol. The molecule has 750 valence electrons. The van der Waals surface area contributed by atoms with E-state index in [4.69, 9.17) is 67.3 Å². The Bertz CT molecular complexity index is 6610. The molecule has 7 N–H and O–H groups in total. The Balaban J connectivity index is 0.000000210. The highest BCUT2D eigenvalue weighted by molar-refractivity contribution is 6.20. The van der Waals surface area contributed by atoms with Gasteiger partial charge in [0, 0.05) is 134 Å². The number of carbonyl (C=O) groups excluding carboxylic acids is 11. The number of aliphatic imine (C=N–C) groups is 2. The molecule has 17 rings (SSSR count). The lowest BCUT2D eigenvalue weighted by molar-refractivity contribution is -0.137. The number of nitrogens with one attached hydrogen (secondary N) is 5. The molecule has 0 saturated carbocycles. The highest BCUT2D eigenvalue weighted by atomic mass is 35.5. The van der Waals surface area contributed by atoms with E-state index in [1.54, 1.807) is 95.3 Å². The fourth-order valence-electron chi connectivity index (χ4n) is 19.3. The smallest absolute Gasteiger partial charge is 0.256 e. The van der Waals surface area contributed by atoms with Crippen LogP contribution in [0.4, 0.5) is 34.1 Å². The first-order chi connectivity index (χ1) is 69.6. The zero-order valence-electron chi connectivity index (χ0n) is 82.1. The van der Waals surface area contributed by atoms with Crippen LogP contribution in [-0.4, -0.2) is 187 Å². The third kappa shape index (κ3) is 23.9. The van der Waals surface area contributed by atoms with Gasteiger partial charge in [-0.15, -0.1) is 23.2 Å². The van der Waals surface area contributed by atoms with Crippen LogP contribution in [0.5, 0.6) is 34.5 Å². The van der Waals surface area contributed by atoms with Crippen molar-refractivity contribution >= 4 is 156 Å². The van der Waals surface area contributed by atoms with Crippen LogP contribution >= 0.6 is 23.2 Å². The summed E-state index contributed by atoms with van der Waals surface area (Å²) in [7, 11) is 3.10. The number of nitrogens with two attached hydrogens (primary N) is 1. The Morgan fingerprint density at radius 1 is 0.438 bits per heavy atom. The third-order valence-electron chi connectivity index (χ3n) is 27.3. The molecule has 0 bridgehead atoms. The minimum Gasteiger partial charge on any atom is -0.493 e. The highest BCUT2D eigenvalue weighted by Gasteiger charge is 2.40. The topological polar surface area (TPSA) is 370 Å². The van der Waals surface area contributed by atoms with Crippen molar-refractivity contribution in [2.45, 2.75) is 193 Å². The van der Waals surface area contributed by atoms with Crippen LogP contribution in [0.1, 0.15) is 183 Å². The number of hydrogen-bond acceptors (Lipinski definition) is 20. The highest BCUT2D eigenvalue weighted by Crippen LogP contribution is 2.49. The zero-order valence-corrected chi connectivity index (χ0v) is 83.6. The summed E-state index contributed by atoms with van der Waals surface area (Å²) in [6, 6.07) is 53.4. The summed E-state index contributed by atoms with van der Waals surface area (Å²) in [5.41, 5.74) is 17.7.